The number of carbonyl (C=O) groups excluding carboxylic acids is 6. The van der Waals surface area contributed by atoms with E-state index in [1.807, 2.05) is 66.7 Å². The first-order valence-electron chi connectivity index (χ1n) is 22.8. The fourth-order valence-electron chi connectivity index (χ4n) is 6.93. The average Bonchev–Trinajstić information content (AvgIpc) is 3.38. The van der Waals surface area contributed by atoms with Crippen molar-refractivity contribution in [2.24, 2.45) is 0 Å². The third kappa shape index (κ3) is 18.4. The SMILES string of the molecule is COc1ccc(NC(=O)C(CCCCNC(=O)OCc2ccccc2)NC(=O)c2cc(NC(=O)[C@H](CCCCNC(=O)OCc3ccccc3)NC(=O)OCc3ccccc3)ccc2OC)cc1C(=O)O. The molecular weight excluding hydrogens is 917 g/mol. The number of hydrogen-bond acceptors (Lipinski definition) is 12. The van der Waals surface area contributed by atoms with Gasteiger partial charge in [-0.2, -0.15) is 0 Å². The second-order valence-electron chi connectivity index (χ2n) is 15.9. The lowest BCUT2D eigenvalue weighted by molar-refractivity contribution is -0.118. The Labute approximate surface area is 410 Å². The van der Waals surface area contributed by atoms with Crippen LogP contribution < -0.4 is 41.4 Å². The Hall–Kier alpha value is -8.61. The van der Waals surface area contributed by atoms with Gasteiger partial charge in [0.25, 0.3) is 5.91 Å². The Balaban J connectivity index is 1.24. The molecule has 0 radical (unpaired) electrons. The first-order chi connectivity index (χ1) is 34.4. The molecule has 5 aromatic rings. The molecule has 71 heavy (non-hydrogen) atoms. The standard InChI is InChI=1S/C52H58N6O13/c1-67-44-26-24-38(55-48(61)43(58-52(66)71-34-37-20-10-5-11-21-37)23-13-15-29-54-51(65)70-33-36-18-8-4-9-19-36)30-40(44)46(59)57-42(47(60)56-39-25-27-45(68-2)41(31-39)49(62)63)22-12-14-28-53-50(64)69-32-35-16-6-3-7-17-35/h3-11,16-21,24-27,30-31,42-43H,12-15,22-23,28-29,32-34H2,1-2H3,(H,53,64)(H,54,65)(H,55,61)(H,56,60)(H,57,59)(H,58,66)(H,62,63)/t42?,43-/m0/s1. The van der Waals surface area contributed by atoms with Gasteiger partial charge in [-0.25, -0.2) is 19.2 Å². The highest BCUT2D eigenvalue weighted by Gasteiger charge is 2.26. The fraction of sp³-hybridized carbons (Fsp3) is 0.288. The van der Waals surface area contributed by atoms with E-state index >= 15 is 0 Å². The lowest BCUT2D eigenvalue weighted by Gasteiger charge is -2.21. The number of carboxylic acid groups (broad SMARTS) is 1. The van der Waals surface area contributed by atoms with Crippen molar-refractivity contribution < 1.29 is 62.4 Å². The third-order valence-corrected chi connectivity index (χ3v) is 10.7. The maximum absolute atomic E-state index is 14.1. The van der Waals surface area contributed by atoms with Crippen molar-refractivity contribution >= 4 is 53.3 Å². The van der Waals surface area contributed by atoms with E-state index in [-0.39, 0.29) is 79.8 Å². The molecule has 6 amide bonds. The van der Waals surface area contributed by atoms with Gasteiger partial charge >= 0.3 is 24.2 Å². The van der Waals surface area contributed by atoms with Crippen LogP contribution in [0.1, 0.15) is 75.9 Å². The van der Waals surface area contributed by atoms with Crippen LogP contribution in [0.25, 0.3) is 0 Å². The van der Waals surface area contributed by atoms with E-state index in [4.69, 9.17) is 23.7 Å². The van der Waals surface area contributed by atoms with Crippen LogP contribution in [0.2, 0.25) is 0 Å². The number of amides is 6. The van der Waals surface area contributed by atoms with E-state index < -0.39 is 54.1 Å². The number of anilines is 2. The number of nitrogens with one attached hydrogen (secondary N) is 6. The maximum atomic E-state index is 14.1. The maximum Gasteiger partial charge on any atom is 0.408 e. The zero-order valence-electron chi connectivity index (χ0n) is 39.4. The first-order valence-corrected chi connectivity index (χ1v) is 22.8. The van der Waals surface area contributed by atoms with Crippen molar-refractivity contribution in [1.29, 1.82) is 0 Å². The Kier molecular flexibility index (Phi) is 21.5. The number of unbranched alkanes of at least 4 members (excludes halogenated alkanes) is 2. The van der Waals surface area contributed by atoms with Gasteiger partial charge in [-0.3, -0.25) is 14.4 Å². The second kappa shape index (κ2) is 28.7. The smallest absolute Gasteiger partial charge is 0.408 e. The summed E-state index contributed by atoms with van der Waals surface area (Å²) in [5.74, 6) is -3.17. The van der Waals surface area contributed by atoms with Crippen LogP contribution in [-0.4, -0.2) is 86.5 Å². The van der Waals surface area contributed by atoms with E-state index in [0.29, 0.717) is 25.7 Å². The number of methoxy groups -OCH3 is 2. The molecule has 0 saturated heterocycles. The molecule has 7 N–H and O–H groups in total. The molecule has 0 bridgehead atoms. The third-order valence-electron chi connectivity index (χ3n) is 10.7. The Morgan fingerprint density at radius 1 is 0.479 bits per heavy atom. The summed E-state index contributed by atoms with van der Waals surface area (Å²) in [7, 11) is 2.66. The minimum Gasteiger partial charge on any atom is -0.496 e. The fourth-order valence-corrected chi connectivity index (χ4v) is 6.93. The number of aromatic carboxylic acids is 1. The predicted molar refractivity (Wildman–Crippen MR) is 262 cm³/mol. The number of carbonyl (C=O) groups is 7. The molecule has 19 heteroatoms. The minimum absolute atomic E-state index is 0.0455. The number of alkyl carbamates (subject to hydrolysis) is 3. The molecule has 0 aliphatic carbocycles. The van der Waals surface area contributed by atoms with Crippen molar-refractivity contribution in [3.05, 3.63) is 155 Å². The summed E-state index contributed by atoms with van der Waals surface area (Å²) < 4.78 is 26.6. The molecule has 374 valence electrons. The van der Waals surface area contributed by atoms with Gasteiger partial charge in [-0.1, -0.05) is 91.0 Å². The highest BCUT2D eigenvalue weighted by atomic mass is 16.6. The van der Waals surface area contributed by atoms with E-state index in [0.717, 1.165) is 16.7 Å². The van der Waals surface area contributed by atoms with Crippen LogP contribution in [0.15, 0.2) is 127 Å². The molecule has 0 saturated carbocycles. The summed E-state index contributed by atoms with van der Waals surface area (Å²) in [6, 6.07) is 33.4. The highest BCUT2D eigenvalue weighted by Crippen LogP contribution is 2.25. The molecule has 0 spiro atoms. The zero-order valence-corrected chi connectivity index (χ0v) is 39.4. The van der Waals surface area contributed by atoms with Gasteiger partial charge in [0.1, 0.15) is 49.0 Å². The van der Waals surface area contributed by atoms with Gasteiger partial charge in [-0.15, -0.1) is 0 Å². The van der Waals surface area contributed by atoms with Crippen LogP contribution in [0, 0.1) is 0 Å². The monoisotopic (exact) mass is 974 g/mol. The van der Waals surface area contributed by atoms with Gasteiger partial charge in [0, 0.05) is 24.5 Å². The van der Waals surface area contributed by atoms with Crippen LogP contribution in [0.4, 0.5) is 25.8 Å². The van der Waals surface area contributed by atoms with Crippen molar-refractivity contribution in [2.75, 3.05) is 37.9 Å². The topological polar surface area (TPSA) is 258 Å². The van der Waals surface area contributed by atoms with E-state index in [1.54, 1.807) is 24.3 Å². The first kappa shape index (κ1) is 53.3. The Bertz CT molecular complexity index is 2550. The van der Waals surface area contributed by atoms with Crippen LogP contribution in [0.3, 0.4) is 0 Å². The number of rotatable bonds is 26. The van der Waals surface area contributed by atoms with Crippen molar-refractivity contribution in [1.82, 2.24) is 21.3 Å². The van der Waals surface area contributed by atoms with Gasteiger partial charge in [0.15, 0.2) is 0 Å². The molecule has 5 rings (SSSR count). The number of ether oxygens (including phenoxy) is 5. The van der Waals surface area contributed by atoms with Gasteiger partial charge in [-0.05, 0) is 91.6 Å². The summed E-state index contributed by atoms with van der Waals surface area (Å²) in [5, 5.41) is 25.8. The summed E-state index contributed by atoms with van der Waals surface area (Å²) in [5.41, 5.74) is 2.41. The van der Waals surface area contributed by atoms with Crippen molar-refractivity contribution in [3.63, 3.8) is 0 Å². The highest BCUT2D eigenvalue weighted by molar-refractivity contribution is 6.04. The number of benzene rings is 5. The molecule has 2 atom stereocenters. The number of carboxylic acids is 1. The molecule has 1 unspecified atom stereocenters. The minimum atomic E-state index is -1.28. The Morgan fingerprint density at radius 3 is 1.30 bits per heavy atom. The van der Waals surface area contributed by atoms with E-state index in [2.05, 4.69) is 31.9 Å². The summed E-state index contributed by atoms with van der Waals surface area (Å²) in [4.78, 5) is 91.3. The Morgan fingerprint density at radius 2 is 0.873 bits per heavy atom. The molecule has 0 aliphatic heterocycles. The number of hydrogen-bond donors (Lipinski definition) is 7. The molecule has 0 aliphatic rings. The van der Waals surface area contributed by atoms with Gasteiger partial charge in [0.2, 0.25) is 11.8 Å². The summed E-state index contributed by atoms with van der Waals surface area (Å²) >= 11 is 0. The molecule has 0 heterocycles. The van der Waals surface area contributed by atoms with Crippen LogP contribution in [-0.2, 0) is 43.6 Å². The van der Waals surface area contributed by atoms with E-state index in [1.165, 1.54) is 50.6 Å². The second-order valence-corrected chi connectivity index (χ2v) is 15.9. The summed E-state index contributed by atoms with van der Waals surface area (Å²) in [6.07, 6.45) is -0.300. The van der Waals surface area contributed by atoms with Crippen molar-refractivity contribution in [2.45, 2.75) is 70.4 Å². The molecule has 19 nitrogen and oxygen atoms in total. The molecular formula is C52H58N6O13. The quantitative estimate of drug-likeness (QED) is 0.0209. The lowest BCUT2D eigenvalue weighted by Crippen LogP contribution is -2.44. The zero-order chi connectivity index (χ0) is 50.8. The van der Waals surface area contributed by atoms with Crippen LogP contribution in [0.5, 0.6) is 11.5 Å². The molecule has 5 aromatic carbocycles. The lowest BCUT2D eigenvalue weighted by atomic mass is 10.1. The van der Waals surface area contributed by atoms with E-state index in [9.17, 15) is 38.7 Å². The van der Waals surface area contributed by atoms with Crippen LogP contribution >= 0.6 is 0 Å². The molecule has 0 aromatic heterocycles. The average molecular weight is 975 g/mol. The van der Waals surface area contributed by atoms with Gasteiger partial charge in [0.05, 0.1) is 19.8 Å². The normalized spacial score (nSPS) is 11.4. The summed E-state index contributed by atoms with van der Waals surface area (Å²) in [6.45, 7) is 0.579. The van der Waals surface area contributed by atoms with Gasteiger partial charge < -0.3 is 60.7 Å². The largest absolute Gasteiger partial charge is 0.496 e. The molecule has 0 fully saturated rings. The predicted octanol–water partition coefficient (Wildman–Crippen LogP) is 7.57. The van der Waals surface area contributed by atoms with Crippen molar-refractivity contribution in [3.8, 4) is 11.5 Å².